The summed E-state index contributed by atoms with van der Waals surface area (Å²) in [4.78, 5) is 15.6. The van der Waals surface area contributed by atoms with Crippen LogP contribution in [0.5, 0.6) is 0 Å². The zero-order chi connectivity index (χ0) is 35.6. The van der Waals surface area contributed by atoms with Crippen molar-refractivity contribution in [2.24, 2.45) is 0 Å². The largest absolute Gasteiger partial charge is 0.208 e. The van der Waals surface area contributed by atoms with Crippen molar-refractivity contribution in [2.75, 3.05) is 0 Å². The molecular formula is C49H29N3S2. The van der Waals surface area contributed by atoms with E-state index in [1.807, 2.05) is 17.4 Å². The molecule has 8 aromatic carbocycles. The second-order valence-electron chi connectivity index (χ2n) is 13.5. The van der Waals surface area contributed by atoms with Crippen LogP contribution in [0.3, 0.4) is 0 Å². The second-order valence-corrected chi connectivity index (χ2v) is 15.7. The maximum atomic E-state index is 5.22. The summed E-state index contributed by atoms with van der Waals surface area (Å²) in [6.07, 6.45) is 0. The van der Waals surface area contributed by atoms with E-state index < -0.39 is 0 Å². The van der Waals surface area contributed by atoms with Crippen LogP contribution in [0.15, 0.2) is 176 Å². The summed E-state index contributed by atoms with van der Waals surface area (Å²) in [5.74, 6) is 1.95. The minimum atomic E-state index is 0.646. The summed E-state index contributed by atoms with van der Waals surface area (Å²) in [5, 5.41) is 7.48. The van der Waals surface area contributed by atoms with Gasteiger partial charge >= 0.3 is 0 Å². The Hall–Kier alpha value is -6.53. The van der Waals surface area contributed by atoms with Crippen molar-refractivity contribution >= 4 is 73.8 Å². The number of nitrogens with zero attached hydrogens (tertiary/aromatic N) is 3. The van der Waals surface area contributed by atoms with Gasteiger partial charge < -0.3 is 0 Å². The van der Waals surface area contributed by atoms with E-state index in [9.17, 15) is 0 Å². The maximum Gasteiger partial charge on any atom is 0.164 e. The van der Waals surface area contributed by atoms with Crippen LogP contribution in [0.25, 0.3) is 108 Å². The Labute approximate surface area is 319 Å². The van der Waals surface area contributed by atoms with Gasteiger partial charge in [0.2, 0.25) is 0 Å². The predicted octanol–water partition coefficient (Wildman–Crippen LogP) is 14.1. The van der Waals surface area contributed by atoms with Gasteiger partial charge in [0.1, 0.15) is 0 Å². The number of thiophene rings is 2. The third-order valence-corrected chi connectivity index (χ3v) is 12.7. The number of rotatable bonds is 5. The quantitative estimate of drug-likeness (QED) is 0.177. The minimum Gasteiger partial charge on any atom is -0.208 e. The molecule has 11 aromatic rings. The Morgan fingerprint density at radius 3 is 1.67 bits per heavy atom. The van der Waals surface area contributed by atoms with E-state index in [1.54, 1.807) is 11.3 Å². The van der Waals surface area contributed by atoms with Gasteiger partial charge in [-0.2, -0.15) is 0 Å². The minimum absolute atomic E-state index is 0.646. The first-order valence-corrected chi connectivity index (χ1v) is 19.6. The Morgan fingerprint density at radius 2 is 0.852 bits per heavy atom. The Bertz CT molecular complexity index is 3230. The summed E-state index contributed by atoms with van der Waals surface area (Å²) < 4.78 is 5.12. The van der Waals surface area contributed by atoms with E-state index in [1.165, 1.54) is 56.9 Å². The topological polar surface area (TPSA) is 38.7 Å². The van der Waals surface area contributed by atoms with Crippen LogP contribution < -0.4 is 0 Å². The molecule has 0 saturated heterocycles. The molecule has 0 aliphatic heterocycles. The molecule has 11 rings (SSSR count). The van der Waals surface area contributed by atoms with Crippen molar-refractivity contribution in [1.29, 1.82) is 0 Å². The number of hydrogen-bond acceptors (Lipinski definition) is 5. The number of aromatic nitrogens is 3. The van der Waals surface area contributed by atoms with Crippen molar-refractivity contribution < 1.29 is 0 Å². The summed E-state index contributed by atoms with van der Waals surface area (Å²) >= 11 is 3.67. The third kappa shape index (κ3) is 5.12. The van der Waals surface area contributed by atoms with Gasteiger partial charge in [0, 0.05) is 62.6 Å². The summed E-state index contributed by atoms with van der Waals surface area (Å²) in [6.45, 7) is 0. The lowest BCUT2D eigenvalue weighted by atomic mass is 9.95. The second kappa shape index (κ2) is 12.6. The predicted molar refractivity (Wildman–Crippen MR) is 230 cm³/mol. The van der Waals surface area contributed by atoms with E-state index in [0.29, 0.717) is 17.5 Å². The van der Waals surface area contributed by atoms with Crippen molar-refractivity contribution in [3.8, 4) is 56.4 Å². The normalized spacial score (nSPS) is 11.7. The highest BCUT2D eigenvalue weighted by Gasteiger charge is 2.18. The average molecular weight is 724 g/mol. The van der Waals surface area contributed by atoms with Gasteiger partial charge in [-0.1, -0.05) is 152 Å². The summed E-state index contributed by atoms with van der Waals surface area (Å²) in [6, 6.07) is 62.6. The van der Waals surface area contributed by atoms with Gasteiger partial charge in [0.25, 0.3) is 0 Å². The summed E-state index contributed by atoms with van der Waals surface area (Å²) in [5.41, 5.74) is 7.57. The van der Waals surface area contributed by atoms with Crippen molar-refractivity contribution in [2.45, 2.75) is 0 Å². The molecule has 0 aliphatic rings. The van der Waals surface area contributed by atoms with Crippen molar-refractivity contribution in [3.05, 3.63) is 176 Å². The maximum absolute atomic E-state index is 5.22. The molecule has 0 radical (unpaired) electrons. The molecule has 0 spiro atoms. The molecule has 252 valence electrons. The number of fused-ring (bicyclic) bond motifs is 7. The van der Waals surface area contributed by atoms with Crippen LogP contribution in [-0.4, -0.2) is 15.0 Å². The molecule has 5 heteroatoms. The smallest absolute Gasteiger partial charge is 0.164 e. The highest BCUT2D eigenvalue weighted by atomic mass is 32.1. The van der Waals surface area contributed by atoms with Crippen LogP contribution >= 0.6 is 22.7 Å². The Balaban J connectivity index is 1.09. The lowest BCUT2D eigenvalue weighted by Gasteiger charge is -2.13. The SMILES string of the molecule is c1ccc(-c2ccccc2-c2nc(-c3ccc4c(-c5cccc6c5sc5ccccc56)cccc4c3)nc(-c3ccc4c(c3)sc3ccccc34)n2)cc1. The molecule has 0 aliphatic carbocycles. The standard InChI is InChI=1S/C49H29N3S2/c1-2-12-30(13-3-1)34-15-4-5-18-42(34)49-51-47(50-48(52-49)33-25-27-39-37-16-6-8-22-43(37)53-45(39)29-33)32-24-26-35-31(28-32)14-10-19-36(35)40-20-11-21-41-38-17-7-9-23-44(38)54-46(40)41/h1-29H. The van der Waals surface area contributed by atoms with Crippen LogP contribution in [0, 0.1) is 0 Å². The van der Waals surface area contributed by atoms with Crippen LogP contribution in [0.2, 0.25) is 0 Å². The third-order valence-electron chi connectivity index (χ3n) is 10.4. The average Bonchev–Trinajstić information content (AvgIpc) is 3.82. The fraction of sp³-hybridized carbons (Fsp3) is 0. The molecule has 3 nitrogen and oxygen atoms in total. The molecule has 54 heavy (non-hydrogen) atoms. The van der Waals surface area contributed by atoms with E-state index in [0.717, 1.165) is 33.2 Å². The first-order chi connectivity index (χ1) is 26.7. The first-order valence-electron chi connectivity index (χ1n) is 18.0. The van der Waals surface area contributed by atoms with Gasteiger partial charge in [-0.3, -0.25) is 0 Å². The van der Waals surface area contributed by atoms with Crippen LogP contribution in [0.4, 0.5) is 0 Å². The molecule has 0 atom stereocenters. The lowest BCUT2D eigenvalue weighted by molar-refractivity contribution is 1.08. The van der Waals surface area contributed by atoms with E-state index in [4.69, 9.17) is 15.0 Å². The van der Waals surface area contributed by atoms with Crippen LogP contribution in [0.1, 0.15) is 0 Å². The Morgan fingerprint density at radius 1 is 0.296 bits per heavy atom. The number of benzene rings is 8. The highest BCUT2D eigenvalue weighted by molar-refractivity contribution is 7.26. The molecular weight excluding hydrogens is 695 g/mol. The van der Waals surface area contributed by atoms with E-state index >= 15 is 0 Å². The van der Waals surface area contributed by atoms with Crippen LogP contribution in [-0.2, 0) is 0 Å². The molecule has 0 bridgehead atoms. The molecule has 0 N–H and O–H groups in total. The molecule has 0 saturated carbocycles. The van der Waals surface area contributed by atoms with Gasteiger partial charge in [-0.25, -0.2) is 15.0 Å². The molecule has 0 unspecified atom stereocenters. The molecule has 0 amide bonds. The van der Waals surface area contributed by atoms with Crippen molar-refractivity contribution in [3.63, 3.8) is 0 Å². The number of hydrogen-bond donors (Lipinski definition) is 0. The van der Waals surface area contributed by atoms with Crippen molar-refractivity contribution in [1.82, 2.24) is 15.0 Å². The summed E-state index contributed by atoms with van der Waals surface area (Å²) in [7, 11) is 0. The fourth-order valence-electron chi connectivity index (χ4n) is 7.78. The van der Waals surface area contributed by atoms with E-state index in [-0.39, 0.29) is 0 Å². The monoisotopic (exact) mass is 723 g/mol. The Kier molecular flexibility index (Phi) is 7.22. The molecule has 3 heterocycles. The lowest BCUT2D eigenvalue weighted by Crippen LogP contribution is -2.01. The van der Waals surface area contributed by atoms with Gasteiger partial charge in [-0.05, 0) is 51.7 Å². The van der Waals surface area contributed by atoms with Gasteiger partial charge in [0.05, 0.1) is 0 Å². The van der Waals surface area contributed by atoms with Gasteiger partial charge in [0.15, 0.2) is 17.5 Å². The molecule has 3 aromatic heterocycles. The molecule has 0 fully saturated rings. The zero-order valence-electron chi connectivity index (χ0n) is 28.9. The fourth-order valence-corrected chi connectivity index (χ4v) is 10.2. The highest BCUT2D eigenvalue weighted by Crippen LogP contribution is 2.43. The van der Waals surface area contributed by atoms with E-state index in [2.05, 4.69) is 170 Å². The zero-order valence-corrected chi connectivity index (χ0v) is 30.5. The van der Waals surface area contributed by atoms with Gasteiger partial charge in [-0.15, -0.1) is 22.7 Å². The first kappa shape index (κ1) is 31.0.